The zero-order valence-corrected chi connectivity index (χ0v) is 19.0. The van der Waals surface area contributed by atoms with Gasteiger partial charge in [0.15, 0.2) is 5.92 Å². The summed E-state index contributed by atoms with van der Waals surface area (Å²) in [7, 11) is -2.22. The summed E-state index contributed by atoms with van der Waals surface area (Å²) < 4.78 is 27.4. The number of benzene rings is 1. The number of anilines is 1. The maximum Gasteiger partial charge on any atom is 0.318 e. The number of thiazole rings is 1. The molecule has 0 radical (unpaired) electrons. The first-order chi connectivity index (χ1) is 15.2. The molecular formula is C20H17N3O6S3. The molecule has 3 heterocycles. The number of aromatic nitrogens is 2. The third-order valence-corrected chi connectivity index (χ3v) is 8.94. The van der Waals surface area contributed by atoms with E-state index in [-0.39, 0.29) is 10.6 Å². The molecule has 0 bridgehead atoms. The minimum absolute atomic E-state index is 0.228. The van der Waals surface area contributed by atoms with E-state index in [9.17, 15) is 18.0 Å². The fraction of sp³-hybridized carbons (Fsp3) is 0.150. The summed E-state index contributed by atoms with van der Waals surface area (Å²) in [6, 6.07) is 10.3. The van der Waals surface area contributed by atoms with E-state index in [4.69, 9.17) is 10.2 Å². The highest BCUT2D eigenvalue weighted by atomic mass is 32.2. The number of nitrogens with one attached hydrogen (secondary N) is 1. The molecule has 166 valence electrons. The van der Waals surface area contributed by atoms with E-state index in [2.05, 4.69) is 9.97 Å². The Morgan fingerprint density at radius 1 is 1.16 bits per heavy atom. The molecule has 0 spiro atoms. The van der Waals surface area contributed by atoms with E-state index in [0.717, 1.165) is 16.7 Å². The fourth-order valence-corrected chi connectivity index (χ4v) is 6.38. The van der Waals surface area contributed by atoms with Crippen molar-refractivity contribution in [3.8, 4) is 10.7 Å². The molecule has 3 aromatic heterocycles. The van der Waals surface area contributed by atoms with Crippen LogP contribution in [-0.4, -0.2) is 47.6 Å². The monoisotopic (exact) mass is 491 g/mol. The number of hydrogen-bond donors (Lipinski definition) is 3. The molecule has 0 atom stereocenters. The topological polar surface area (TPSA) is 141 Å². The highest BCUT2D eigenvalue weighted by molar-refractivity contribution is 7.94. The molecule has 0 aliphatic carbocycles. The van der Waals surface area contributed by atoms with Gasteiger partial charge in [-0.3, -0.25) is 13.9 Å². The number of para-hydroxylation sites is 1. The summed E-state index contributed by atoms with van der Waals surface area (Å²) in [6.07, 6.45) is -0.228. The van der Waals surface area contributed by atoms with Crippen molar-refractivity contribution in [3.05, 3.63) is 52.9 Å². The fourth-order valence-electron chi connectivity index (χ4n) is 3.21. The quantitative estimate of drug-likeness (QED) is 0.320. The van der Waals surface area contributed by atoms with Gasteiger partial charge in [-0.25, -0.2) is 13.4 Å². The summed E-state index contributed by atoms with van der Waals surface area (Å²) in [5.74, 6) is -4.41. The van der Waals surface area contributed by atoms with Gasteiger partial charge in [-0.15, -0.1) is 22.7 Å². The Bertz CT molecular complexity index is 1390. The number of aromatic amines is 1. The minimum Gasteiger partial charge on any atom is -0.481 e. The number of carbonyl (C=O) groups is 2. The molecule has 1 aromatic carbocycles. The van der Waals surface area contributed by atoms with Crippen LogP contribution in [0.15, 0.2) is 51.4 Å². The molecule has 4 aromatic rings. The Balaban J connectivity index is 1.68. The normalized spacial score (nSPS) is 11.8. The molecule has 9 nitrogen and oxygen atoms in total. The van der Waals surface area contributed by atoms with E-state index in [1.54, 1.807) is 35.0 Å². The number of aliphatic carboxylic acids is 2. The van der Waals surface area contributed by atoms with Gasteiger partial charge in [0.25, 0.3) is 10.0 Å². The molecular weight excluding hydrogens is 474 g/mol. The zero-order chi connectivity index (χ0) is 23.0. The van der Waals surface area contributed by atoms with Crippen LogP contribution in [-0.2, 0) is 26.0 Å². The smallest absolute Gasteiger partial charge is 0.318 e. The first-order valence-electron chi connectivity index (χ1n) is 9.23. The highest BCUT2D eigenvalue weighted by Crippen LogP contribution is 2.34. The summed E-state index contributed by atoms with van der Waals surface area (Å²) in [5, 5.41) is 22.8. The molecule has 0 saturated heterocycles. The third-order valence-electron chi connectivity index (χ3n) is 4.87. The minimum atomic E-state index is -3.71. The average molecular weight is 492 g/mol. The lowest BCUT2D eigenvalue weighted by atomic mass is 10.0. The van der Waals surface area contributed by atoms with Gasteiger partial charge in [0, 0.05) is 24.2 Å². The molecule has 0 aliphatic heterocycles. The van der Waals surface area contributed by atoms with E-state index in [1.807, 2.05) is 12.1 Å². The van der Waals surface area contributed by atoms with Crippen molar-refractivity contribution in [3.63, 3.8) is 0 Å². The second kappa shape index (κ2) is 8.37. The number of fused-ring (bicyclic) bond motifs is 1. The van der Waals surface area contributed by atoms with Crippen molar-refractivity contribution in [1.82, 2.24) is 9.97 Å². The van der Waals surface area contributed by atoms with Crippen LogP contribution in [0.2, 0.25) is 0 Å². The van der Waals surface area contributed by atoms with Crippen molar-refractivity contribution in [2.24, 2.45) is 5.92 Å². The van der Waals surface area contributed by atoms with Crippen LogP contribution in [0.25, 0.3) is 21.6 Å². The number of rotatable bonds is 8. The summed E-state index contributed by atoms with van der Waals surface area (Å²) in [6.45, 7) is 0. The van der Waals surface area contributed by atoms with Crippen LogP contribution in [0, 0.1) is 5.92 Å². The summed E-state index contributed by atoms with van der Waals surface area (Å²) in [4.78, 5) is 29.9. The van der Waals surface area contributed by atoms with Gasteiger partial charge in [-0.2, -0.15) is 0 Å². The Hall–Kier alpha value is -3.22. The number of nitrogens with zero attached hydrogens (tertiary/aromatic N) is 2. The number of thiophene rings is 1. The van der Waals surface area contributed by atoms with Crippen molar-refractivity contribution in [2.75, 3.05) is 11.4 Å². The van der Waals surface area contributed by atoms with Crippen LogP contribution in [0.1, 0.15) is 5.69 Å². The lowest BCUT2D eigenvalue weighted by molar-refractivity contribution is -0.154. The zero-order valence-electron chi connectivity index (χ0n) is 16.5. The molecule has 0 saturated carbocycles. The Labute approximate surface area is 190 Å². The first-order valence-corrected chi connectivity index (χ1v) is 12.4. The predicted molar refractivity (Wildman–Crippen MR) is 122 cm³/mol. The van der Waals surface area contributed by atoms with Crippen LogP contribution in [0.5, 0.6) is 0 Å². The van der Waals surface area contributed by atoms with E-state index in [0.29, 0.717) is 27.6 Å². The van der Waals surface area contributed by atoms with Gasteiger partial charge in [0.2, 0.25) is 0 Å². The molecule has 32 heavy (non-hydrogen) atoms. The van der Waals surface area contributed by atoms with Gasteiger partial charge in [-0.1, -0.05) is 18.2 Å². The highest BCUT2D eigenvalue weighted by Gasteiger charge is 2.28. The van der Waals surface area contributed by atoms with Crippen molar-refractivity contribution >= 4 is 61.2 Å². The molecule has 3 N–H and O–H groups in total. The molecule has 4 rings (SSSR count). The summed E-state index contributed by atoms with van der Waals surface area (Å²) in [5.41, 5.74) is 2.05. The van der Waals surface area contributed by atoms with Gasteiger partial charge < -0.3 is 15.2 Å². The first kappa shape index (κ1) is 22.0. The lowest BCUT2D eigenvalue weighted by Gasteiger charge is -2.19. The largest absolute Gasteiger partial charge is 0.481 e. The Morgan fingerprint density at radius 3 is 2.56 bits per heavy atom. The van der Waals surface area contributed by atoms with E-state index < -0.39 is 27.9 Å². The van der Waals surface area contributed by atoms with E-state index in [1.165, 1.54) is 22.7 Å². The summed E-state index contributed by atoms with van der Waals surface area (Å²) >= 11 is 2.38. The second-order valence-corrected chi connectivity index (χ2v) is 10.9. The maximum absolute atomic E-state index is 12.9. The number of hydrogen-bond acceptors (Lipinski definition) is 7. The number of carboxylic acids is 2. The molecule has 0 unspecified atom stereocenters. The van der Waals surface area contributed by atoms with Crippen molar-refractivity contribution < 1.29 is 28.2 Å². The number of H-pyrrole nitrogens is 1. The van der Waals surface area contributed by atoms with Crippen molar-refractivity contribution in [2.45, 2.75) is 10.6 Å². The SMILES string of the molecule is CN(c1cccc2cc(-c3nc(CC(C(=O)O)C(=O)O)cs3)[nH]c12)S(=O)(=O)c1cccs1. The molecule has 0 aliphatic rings. The standard InChI is InChI=1S/C20H17N3O6S3/c1-23(32(28,29)16-6-3-7-30-16)15-5-2-4-11-8-14(22-17(11)15)18-21-12(10-31-18)9-13(19(24)25)20(26)27/h2-8,10,13,22H,9H2,1H3,(H,24,25)(H,26,27). The molecule has 0 fully saturated rings. The Morgan fingerprint density at radius 2 is 1.91 bits per heavy atom. The Kier molecular flexibility index (Phi) is 5.75. The average Bonchev–Trinajstić information content (AvgIpc) is 3.50. The van der Waals surface area contributed by atoms with Crippen LogP contribution in [0.4, 0.5) is 5.69 Å². The van der Waals surface area contributed by atoms with E-state index >= 15 is 0 Å². The van der Waals surface area contributed by atoms with Crippen molar-refractivity contribution in [1.29, 1.82) is 0 Å². The molecule has 12 heteroatoms. The van der Waals surface area contributed by atoms with Crippen LogP contribution in [0.3, 0.4) is 0 Å². The van der Waals surface area contributed by atoms with Crippen LogP contribution < -0.4 is 4.31 Å². The van der Waals surface area contributed by atoms with Gasteiger partial charge in [0.05, 0.1) is 22.6 Å². The third kappa shape index (κ3) is 3.99. The second-order valence-electron chi connectivity index (χ2n) is 6.91. The maximum atomic E-state index is 12.9. The predicted octanol–water partition coefficient (Wildman–Crippen LogP) is 3.51. The lowest BCUT2D eigenvalue weighted by Crippen LogP contribution is -2.26. The number of carboxylic acid groups (broad SMARTS) is 2. The van der Waals surface area contributed by atoms with Gasteiger partial charge >= 0.3 is 11.9 Å². The number of sulfonamides is 1. The van der Waals surface area contributed by atoms with Gasteiger partial charge in [0.1, 0.15) is 9.22 Å². The van der Waals surface area contributed by atoms with Crippen LogP contribution >= 0.6 is 22.7 Å². The van der Waals surface area contributed by atoms with Gasteiger partial charge in [-0.05, 0) is 23.6 Å². The molecule has 0 amide bonds.